The van der Waals surface area contributed by atoms with Gasteiger partial charge in [-0.05, 0) is 31.5 Å². The van der Waals surface area contributed by atoms with Crippen molar-refractivity contribution in [2.75, 3.05) is 38.2 Å². The molecule has 0 saturated carbocycles. The maximum absolute atomic E-state index is 13.2. The zero-order chi connectivity index (χ0) is 15.2. The summed E-state index contributed by atoms with van der Waals surface area (Å²) >= 11 is 0. The summed E-state index contributed by atoms with van der Waals surface area (Å²) in [6.45, 7) is 7.67. The average Bonchev–Trinajstić information content (AvgIpc) is 2.49. The lowest BCUT2D eigenvalue weighted by atomic mass is 10.2. The van der Waals surface area contributed by atoms with Crippen molar-refractivity contribution in [2.24, 2.45) is 0 Å². The van der Waals surface area contributed by atoms with E-state index in [0.29, 0.717) is 12.2 Å². The van der Waals surface area contributed by atoms with E-state index < -0.39 is 0 Å². The number of hydrogen-bond acceptors (Lipinski definition) is 3. The quantitative estimate of drug-likeness (QED) is 0.893. The molecule has 6 heteroatoms. The van der Waals surface area contributed by atoms with Crippen LogP contribution in [0, 0.1) is 12.7 Å². The highest BCUT2D eigenvalue weighted by molar-refractivity contribution is 5.90. The lowest BCUT2D eigenvalue weighted by molar-refractivity contribution is 0.0209. The zero-order valence-electron chi connectivity index (χ0n) is 12.5. The molecule has 0 unspecified atom stereocenters. The van der Waals surface area contributed by atoms with E-state index in [1.165, 1.54) is 12.1 Å². The first-order valence-electron chi connectivity index (χ1n) is 7.19. The number of carbonyl (C=O) groups excluding carboxylic acids is 1. The van der Waals surface area contributed by atoms with Crippen molar-refractivity contribution in [3.63, 3.8) is 0 Å². The third-order valence-corrected chi connectivity index (χ3v) is 3.67. The van der Waals surface area contributed by atoms with Crippen LogP contribution in [-0.4, -0.2) is 49.8 Å². The highest BCUT2D eigenvalue weighted by Crippen LogP contribution is 2.15. The Bertz CT molecular complexity index is 490. The minimum atomic E-state index is -0.363. The van der Waals surface area contributed by atoms with Gasteiger partial charge in [0.1, 0.15) is 5.82 Å². The number of nitrogens with zero attached hydrogens (tertiary/aromatic N) is 1. The maximum Gasteiger partial charge on any atom is 0.319 e. The fraction of sp³-hybridized carbons (Fsp3) is 0.533. The van der Waals surface area contributed by atoms with Gasteiger partial charge in [0.25, 0.3) is 0 Å². The van der Waals surface area contributed by atoms with Crippen LogP contribution < -0.4 is 10.6 Å². The molecule has 116 valence electrons. The maximum atomic E-state index is 13.2. The fourth-order valence-corrected chi connectivity index (χ4v) is 2.28. The summed E-state index contributed by atoms with van der Waals surface area (Å²) in [6.07, 6.45) is 0. The van der Waals surface area contributed by atoms with Crippen molar-refractivity contribution in [2.45, 2.75) is 19.9 Å². The van der Waals surface area contributed by atoms with E-state index in [1.54, 1.807) is 6.07 Å². The molecule has 0 aliphatic carbocycles. The van der Waals surface area contributed by atoms with Crippen molar-refractivity contribution >= 4 is 11.7 Å². The second kappa shape index (κ2) is 7.38. The van der Waals surface area contributed by atoms with Crippen molar-refractivity contribution in [3.8, 4) is 0 Å². The van der Waals surface area contributed by atoms with Gasteiger partial charge in [-0.2, -0.15) is 0 Å². The van der Waals surface area contributed by atoms with Crippen molar-refractivity contribution < 1.29 is 13.9 Å². The molecular formula is C15H22FN3O2. The first-order valence-corrected chi connectivity index (χ1v) is 7.19. The lowest BCUT2D eigenvalue weighted by Gasteiger charge is -2.32. The van der Waals surface area contributed by atoms with Gasteiger partial charge in [-0.25, -0.2) is 9.18 Å². The van der Waals surface area contributed by atoms with Crippen LogP contribution in [0.1, 0.15) is 12.5 Å². The molecule has 1 atom stereocenters. The molecule has 0 radical (unpaired) electrons. The summed E-state index contributed by atoms with van der Waals surface area (Å²) in [5.74, 6) is -0.363. The molecule has 21 heavy (non-hydrogen) atoms. The van der Waals surface area contributed by atoms with Crippen LogP contribution in [0.3, 0.4) is 0 Å². The van der Waals surface area contributed by atoms with Gasteiger partial charge in [-0.1, -0.05) is 6.07 Å². The Balaban J connectivity index is 1.80. The summed E-state index contributed by atoms with van der Waals surface area (Å²) in [6, 6.07) is 4.26. The molecule has 1 fully saturated rings. The molecule has 2 N–H and O–H groups in total. The first kappa shape index (κ1) is 15.7. The topological polar surface area (TPSA) is 53.6 Å². The number of nitrogens with one attached hydrogen (secondary N) is 2. The van der Waals surface area contributed by atoms with Gasteiger partial charge in [0.05, 0.1) is 13.2 Å². The Labute approximate surface area is 124 Å². The Morgan fingerprint density at radius 2 is 2.14 bits per heavy atom. The minimum absolute atomic E-state index is 0.244. The van der Waals surface area contributed by atoms with E-state index >= 15 is 0 Å². The van der Waals surface area contributed by atoms with E-state index in [1.807, 2.05) is 6.92 Å². The second-order valence-corrected chi connectivity index (χ2v) is 5.29. The molecule has 2 amide bonds. The molecule has 1 saturated heterocycles. The van der Waals surface area contributed by atoms with Gasteiger partial charge in [-0.3, -0.25) is 4.90 Å². The largest absolute Gasteiger partial charge is 0.379 e. The molecule has 1 aliphatic heterocycles. The zero-order valence-corrected chi connectivity index (χ0v) is 12.5. The van der Waals surface area contributed by atoms with Crippen LogP contribution in [0.25, 0.3) is 0 Å². The number of halogens is 1. The molecule has 0 bridgehead atoms. The molecule has 2 rings (SSSR count). The van der Waals surface area contributed by atoms with Gasteiger partial charge in [-0.15, -0.1) is 0 Å². The third-order valence-electron chi connectivity index (χ3n) is 3.67. The van der Waals surface area contributed by atoms with E-state index in [2.05, 4.69) is 22.5 Å². The van der Waals surface area contributed by atoms with Crippen LogP contribution in [-0.2, 0) is 4.74 Å². The minimum Gasteiger partial charge on any atom is -0.379 e. The van der Waals surface area contributed by atoms with Gasteiger partial charge < -0.3 is 15.4 Å². The third kappa shape index (κ3) is 4.68. The van der Waals surface area contributed by atoms with Gasteiger partial charge in [0, 0.05) is 31.4 Å². The SMILES string of the molecule is Cc1ccc(F)cc1NC(=O)NC[C@H](C)N1CCOCC1. The highest BCUT2D eigenvalue weighted by atomic mass is 19.1. The number of rotatable bonds is 4. The summed E-state index contributed by atoms with van der Waals surface area (Å²) in [5.41, 5.74) is 1.32. The second-order valence-electron chi connectivity index (χ2n) is 5.29. The molecule has 0 aromatic heterocycles. The van der Waals surface area contributed by atoms with E-state index in [-0.39, 0.29) is 17.9 Å². The van der Waals surface area contributed by atoms with E-state index in [9.17, 15) is 9.18 Å². The van der Waals surface area contributed by atoms with Crippen molar-refractivity contribution in [1.82, 2.24) is 10.2 Å². The summed E-state index contributed by atoms with van der Waals surface area (Å²) in [7, 11) is 0. The number of amides is 2. The molecule has 1 aromatic rings. The summed E-state index contributed by atoms with van der Waals surface area (Å²) in [5, 5.41) is 5.50. The van der Waals surface area contributed by atoms with Crippen LogP contribution in [0.2, 0.25) is 0 Å². The standard InChI is InChI=1S/C15H22FN3O2/c1-11-3-4-13(16)9-14(11)18-15(20)17-10-12(2)19-5-7-21-8-6-19/h3-4,9,12H,5-8,10H2,1-2H3,(H2,17,18,20)/t12-/m0/s1. The van der Waals surface area contributed by atoms with E-state index in [0.717, 1.165) is 31.9 Å². The van der Waals surface area contributed by atoms with Crippen LogP contribution >= 0.6 is 0 Å². The number of aryl methyl sites for hydroxylation is 1. The Morgan fingerprint density at radius 3 is 2.86 bits per heavy atom. The molecule has 1 aromatic carbocycles. The number of benzene rings is 1. The van der Waals surface area contributed by atoms with Gasteiger partial charge in [0.2, 0.25) is 0 Å². The number of hydrogen-bond donors (Lipinski definition) is 2. The molecule has 5 nitrogen and oxygen atoms in total. The fourth-order valence-electron chi connectivity index (χ4n) is 2.28. The lowest BCUT2D eigenvalue weighted by Crippen LogP contribution is -2.47. The predicted molar refractivity (Wildman–Crippen MR) is 80.0 cm³/mol. The smallest absolute Gasteiger partial charge is 0.319 e. The van der Waals surface area contributed by atoms with Crippen LogP contribution in [0.15, 0.2) is 18.2 Å². The van der Waals surface area contributed by atoms with Gasteiger partial charge in [0.15, 0.2) is 0 Å². The summed E-state index contributed by atoms with van der Waals surface area (Å²) < 4.78 is 18.5. The number of carbonyl (C=O) groups is 1. The van der Waals surface area contributed by atoms with E-state index in [4.69, 9.17) is 4.74 Å². The monoisotopic (exact) mass is 295 g/mol. The van der Waals surface area contributed by atoms with Crippen LogP contribution in [0.4, 0.5) is 14.9 Å². The number of ether oxygens (including phenoxy) is 1. The number of urea groups is 1. The normalized spacial score (nSPS) is 17.3. The van der Waals surface area contributed by atoms with Crippen molar-refractivity contribution in [1.29, 1.82) is 0 Å². The average molecular weight is 295 g/mol. The molecular weight excluding hydrogens is 273 g/mol. The Morgan fingerprint density at radius 1 is 1.43 bits per heavy atom. The van der Waals surface area contributed by atoms with Crippen molar-refractivity contribution in [3.05, 3.63) is 29.6 Å². The number of anilines is 1. The predicted octanol–water partition coefficient (Wildman–Crippen LogP) is 1.98. The summed E-state index contributed by atoms with van der Waals surface area (Å²) in [4.78, 5) is 14.2. The highest BCUT2D eigenvalue weighted by Gasteiger charge is 2.17. The van der Waals surface area contributed by atoms with Gasteiger partial charge >= 0.3 is 6.03 Å². The Kier molecular flexibility index (Phi) is 5.52. The number of morpholine rings is 1. The Hall–Kier alpha value is -1.66. The molecule has 1 heterocycles. The molecule has 1 aliphatic rings. The first-order chi connectivity index (χ1) is 10.1. The molecule has 0 spiro atoms. The van der Waals surface area contributed by atoms with Crippen LogP contribution in [0.5, 0.6) is 0 Å².